The number of nitrogens with two attached hydrogens (primary N) is 1. The molecule has 1 aromatic rings. The van der Waals surface area contributed by atoms with Crippen molar-refractivity contribution in [3.05, 3.63) is 24.0 Å². The number of nitrogens with one attached hydrogen (secondary N) is 1. The molecule has 0 aliphatic carbocycles. The minimum absolute atomic E-state index is 0.0450. The van der Waals surface area contributed by atoms with Crippen LogP contribution in [0.3, 0.4) is 0 Å². The van der Waals surface area contributed by atoms with Crippen molar-refractivity contribution in [1.29, 1.82) is 0 Å². The minimum atomic E-state index is 0.0450. The molecule has 5 heteroatoms. The standard InChI is InChI=1S/C12H20N4S/c1-12(2,16(3)4)8-15-10-7-14-6-5-9(10)11(13)17/h5-7,15H,8H2,1-4H3,(H2,13,17). The monoisotopic (exact) mass is 252 g/mol. The van der Waals surface area contributed by atoms with Crippen molar-refractivity contribution < 1.29 is 0 Å². The summed E-state index contributed by atoms with van der Waals surface area (Å²) in [6.07, 6.45) is 3.44. The van der Waals surface area contributed by atoms with Crippen LogP contribution in [0.4, 0.5) is 5.69 Å². The van der Waals surface area contributed by atoms with Gasteiger partial charge in [0.25, 0.3) is 0 Å². The van der Waals surface area contributed by atoms with E-state index in [1.165, 1.54) is 0 Å². The zero-order valence-electron chi connectivity index (χ0n) is 10.8. The smallest absolute Gasteiger partial charge is 0.106 e. The molecule has 17 heavy (non-hydrogen) atoms. The Hall–Kier alpha value is -1.20. The molecular weight excluding hydrogens is 232 g/mol. The summed E-state index contributed by atoms with van der Waals surface area (Å²) >= 11 is 5.01. The molecule has 0 aliphatic rings. The first-order valence-electron chi connectivity index (χ1n) is 5.50. The van der Waals surface area contributed by atoms with Crippen LogP contribution in [0.15, 0.2) is 18.5 Å². The molecule has 0 saturated heterocycles. The van der Waals surface area contributed by atoms with E-state index in [9.17, 15) is 0 Å². The number of anilines is 1. The first kappa shape index (κ1) is 13.9. The maximum Gasteiger partial charge on any atom is 0.106 e. The highest BCUT2D eigenvalue weighted by Gasteiger charge is 2.20. The van der Waals surface area contributed by atoms with E-state index < -0.39 is 0 Å². The van der Waals surface area contributed by atoms with Gasteiger partial charge >= 0.3 is 0 Å². The average Bonchev–Trinajstić information content (AvgIpc) is 2.26. The lowest BCUT2D eigenvalue weighted by molar-refractivity contribution is 0.210. The van der Waals surface area contributed by atoms with Gasteiger partial charge in [0.15, 0.2) is 0 Å². The number of hydrogen-bond acceptors (Lipinski definition) is 4. The maximum atomic E-state index is 5.67. The molecule has 3 N–H and O–H groups in total. The van der Waals surface area contributed by atoms with Crippen LogP contribution in [0.5, 0.6) is 0 Å². The van der Waals surface area contributed by atoms with Gasteiger partial charge in [0.2, 0.25) is 0 Å². The number of nitrogens with zero attached hydrogens (tertiary/aromatic N) is 2. The highest BCUT2D eigenvalue weighted by molar-refractivity contribution is 7.80. The summed E-state index contributed by atoms with van der Waals surface area (Å²) in [7, 11) is 4.11. The van der Waals surface area contributed by atoms with Crippen molar-refractivity contribution in [3.63, 3.8) is 0 Å². The maximum absolute atomic E-state index is 5.67. The van der Waals surface area contributed by atoms with Gasteiger partial charge < -0.3 is 16.0 Å². The van der Waals surface area contributed by atoms with E-state index in [2.05, 4.69) is 43.1 Å². The summed E-state index contributed by atoms with van der Waals surface area (Å²) in [4.78, 5) is 6.63. The second-order valence-corrected chi connectivity index (χ2v) is 5.29. The van der Waals surface area contributed by atoms with Crippen molar-refractivity contribution >= 4 is 22.9 Å². The van der Waals surface area contributed by atoms with Crippen LogP contribution in [-0.4, -0.2) is 41.1 Å². The van der Waals surface area contributed by atoms with Crippen LogP contribution < -0.4 is 11.1 Å². The third-order valence-corrected chi connectivity index (χ3v) is 3.23. The number of likely N-dealkylation sites (N-methyl/N-ethyl adjacent to an activating group) is 1. The molecule has 0 spiro atoms. The van der Waals surface area contributed by atoms with Gasteiger partial charge in [-0.3, -0.25) is 4.98 Å². The summed E-state index contributed by atoms with van der Waals surface area (Å²) < 4.78 is 0. The molecule has 0 atom stereocenters. The molecule has 1 heterocycles. The van der Waals surface area contributed by atoms with E-state index >= 15 is 0 Å². The fraction of sp³-hybridized carbons (Fsp3) is 0.500. The quantitative estimate of drug-likeness (QED) is 0.777. The Bertz CT molecular complexity index is 401. The predicted octanol–water partition coefficient (Wildman–Crippen LogP) is 1.47. The average molecular weight is 252 g/mol. The van der Waals surface area contributed by atoms with Crippen LogP contribution in [0.25, 0.3) is 0 Å². The SMILES string of the molecule is CN(C)C(C)(C)CNc1cnccc1C(N)=S. The molecule has 4 nitrogen and oxygen atoms in total. The fourth-order valence-electron chi connectivity index (χ4n) is 1.22. The first-order chi connectivity index (χ1) is 7.84. The zero-order valence-corrected chi connectivity index (χ0v) is 11.6. The highest BCUT2D eigenvalue weighted by atomic mass is 32.1. The summed E-state index contributed by atoms with van der Waals surface area (Å²) in [5.74, 6) is 0. The second kappa shape index (κ2) is 5.42. The molecule has 0 unspecified atom stereocenters. The molecule has 0 fully saturated rings. The lowest BCUT2D eigenvalue weighted by atomic mass is 10.0. The van der Waals surface area contributed by atoms with Gasteiger partial charge in [0, 0.05) is 23.8 Å². The zero-order chi connectivity index (χ0) is 13.1. The van der Waals surface area contributed by atoms with E-state index in [4.69, 9.17) is 18.0 Å². The molecule has 94 valence electrons. The number of hydrogen-bond donors (Lipinski definition) is 2. The molecule has 0 aromatic carbocycles. The molecule has 0 bridgehead atoms. The number of pyridine rings is 1. The van der Waals surface area contributed by atoms with E-state index in [0.717, 1.165) is 17.8 Å². The van der Waals surface area contributed by atoms with Gasteiger partial charge in [-0.2, -0.15) is 0 Å². The van der Waals surface area contributed by atoms with Gasteiger partial charge in [0.1, 0.15) is 4.99 Å². The van der Waals surface area contributed by atoms with Gasteiger partial charge in [-0.25, -0.2) is 0 Å². The fourth-order valence-corrected chi connectivity index (χ4v) is 1.40. The lowest BCUT2D eigenvalue weighted by Crippen LogP contribution is -2.44. The van der Waals surface area contributed by atoms with Crippen molar-refractivity contribution in [1.82, 2.24) is 9.88 Å². The van der Waals surface area contributed by atoms with Crippen molar-refractivity contribution in [2.24, 2.45) is 5.73 Å². The largest absolute Gasteiger partial charge is 0.389 e. The van der Waals surface area contributed by atoms with Crippen LogP contribution in [-0.2, 0) is 0 Å². The summed E-state index contributed by atoms with van der Waals surface area (Å²) in [6.45, 7) is 5.12. The van der Waals surface area contributed by atoms with Gasteiger partial charge in [-0.1, -0.05) is 12.2 Å². The van der Waals surface area contributed by atoms with Crippen LogP contribution in [0.1, 0.15) is 19.4 Å². The minimum Gasteiger partial charge on any atom is -0.389 e. The van der Waals surface area contributed by atoms with E-state index in [1.54, 1.807) is 12.4 Å². The molecule has 0 saturated carbocycles. The van der Waals surface area contributed by atoms with Crippen LogP contribution in [0.2, 0.25) is 0 Å². The highest BCUT2D eigenvalue weighted by Crippen LogP contribution is 2.16. The van der Waals surface area contributed by atoms with E-state index in [1.807, 2.05) is 6.07 Å². The van der Waals surface area contributed by atoms with Crippen LogP contribution >= 0.6 is 12.2 Å². The Morgan fingerprint density at radius 2 is 2.18 bits per heavy atom. The molecule has 1 aromatic heterocycles. The second-order valence-electron chi connectivity index (χ2n) is 4.85. The Kier molecular flexibility index (Phi) is 4.42. The van der Waals surface area contributed by atoms with Crippen molar-refractivity contribution in [3.8, 4) is 0 Å². The summed E-state index contributed by atoms with van der Waals surface area (Å²) in [6, 6.07) is 1.83. The summed E-state index contributed by atoms with van der Waals surface area (Å²) in [5.41, 5.74) is 7.43. The van der Waals surface area contributed by atoms with E-state index in [0.29, 0.717) is 4.99 Å². The van der Waals surface area contributed by atoms with Gasteiger partial charge in [-0.15, -0.1) is 0 Å². The topological polar surface area (TPSA) is 54.2 Å². The van der Waals surface area contributed by atoms with E-state index in [-0.39, 0.29) is 5.54 Å². The number of rotatable bonds is 5. The molecule has 0 amide bonds. The Morgan fingerprint density at radius 3 is 2.71 bits per heavy atom. The molecule has 1 rings (SSSR count). The first-order valence-corrected chi connectivity index (χ1v) is 5.90. The molecule has 0 radical (unpaired) electrons. The molecular formula is C12H20N4S. The van der Waals surface area contributed by atoms with Crippen molar-refractivity contribution in [2.45, 2.75) is 19.4 Å². The van der Waals surface area contributed by atoms with Crippen molar-refractivity contribution in [2.75, 3.05) is 26.0 Å². The Morgan fingerprint density at radius 1 is 1.53 bits per heavy atom. The lowest BCUT2D eigenvalue weighted by Gasteiger charge is -2.33. The normalized spacial score (nSPS) is 11.6. The molecule has 0 aliphatic heterocycles. The Labute approximate surface area is 108 Å². The Balaban J connectivity index is 2.79. The third-order valence-electron chi connectivity index (χ3n) is 3.01. The number of thiocarbonyl (C=S) groups is 1. The predicted molar refractivity (Wildman–Crippen MR) is 76.4 cm³/mol. The van der Waals surface area contributed by atoms with Gasteiger partial charge in [-0.05, 0) is 34.0 Å². The van der Waals surface area contributed by atoms with Gasteiger partial charge in [0.05, 0.1) is 11.9 Å². The third kappa shape index (κ3) is 3.64. The van der Waals surface area contributed by atoms with Crippen LogP contribution in [0, 0.1) is 0 Å². The summed E-state index contributed by atoms with van der Waals surface area (Å²) in [5, 5.41) is 3.34. The number of aromatic nitrogens is 1.